The smallest absolute Gasteiger partial charge is 0.345 e. The van der Waals surface area contributed by atoms with Crippen molar-refractivity contribution in [2.45, 2.75) is 59.3 Å². The van der Waals surface area contributed by atoms with Gasteiger partial charge in [0.05, 0.1) is 10.6 Å². The minimum Gasteiger partial charge on any atom is -0.465 e. The van der Waals surface area contributed by atoms with Crippen LogP contribution in [0, 0.1) is 10.8 Å². The summed E-state index contributed by atoms with van der Waals surface area (Å²) in [6.07, 6.45) is 2.05. The van der Waals surface area contributed by atoms with Crippen molar-refractivity contribution in [2.75, 3.05) is 0 Å². The molecule has 0 fully saturated rings. The van der Waals surface area contributed by atoms with E-state index in [0.29, 0.717) is 59.1 Å². The van der Waals surface area contributed by atoms with Gasteiger partial charge in [-0.05, 0) is 46.7 Å². The van der Waals surface area contributed by atoms with Crippen LogP contribution in [0.3, 0.4) is 0 Å². The molecule has 3 aliphatic rings. The van der Waals surface area contributed by atoms with Crippen molar-refractivity contribution in [3.63, 3.8) is 0 Å². The van der Waals surface area contributed by atoms with Crippen LogP contribution in [0.5, 0.6) is 5.75 Å². The molecule has 0 atom stereocenters. The third-order valence-corrected chi connectivity index (χ3v) is 7.70. The Hall–Kier alpha value is -2.89. The maximum Gasteiger partial charge on any atom is 0.345 e. The number of hydrogen-bond donors (Lipinski definition) is 0. The number of esters is 1. The van der Waals surface area contributed by atoms with Gasteiger partial charge in [-0.1, -0.05) is 63.0 Å². The fraction of sp³-hybridized carbons (Fsp3) is 0.367. The molecule has 1 aliphatic heterocycles. The van der Waals surface area contributed by atoms with Crippen LogP contribution in [0.1, 0.15) is 75.2 Å². The first-order chi connectivity index (χ1) is 17.3. The number of ketones is 2. The van der Waals surface area contributed by atoms with E-state index in [2.05, 4.69) is 27.7 Å². The summed E-state index contributed by atoms with van der Waals surface area (Å²) in [5, 5.41) is 0.624. The minimum absolute atomic E-state index is 0.00770. The molecule has 7 heteroatoms. The van der Waals surface area contributed by atoms with Crippen LogP contribution < -0.4 is 4.74 Å². The monoisotopic (exact) mass is 538 g/mol. The first-order valence-corrected chi connectivity index (χ1v) is 13.1. The molecule has 37 heavy (non-hydrogen) atoms. The molecule has 1 heterocycles. The number of Topliss-reactive ketones (excluding diaryl/α,β-unsaturated/α-hetero) is 2. The predicted molar refractivity (Wildman–Crippen MR) is 142 cm³/mol. The summed E-state index contributed by atoms with van der Waals surface area (Å²) >= 11 is 12.1. The third kappa shape index (κ3) is 4.99. The highest BCUT2D eigenvalue weighted by atomic mass is 35.5. The molecule has 2 aromatic rings. The second kappa shape index (κ2) is 9.14. The van der Waals surface area contributed by atoms with Gasteiger partial charge in [0, 0.05) is 47.8 Å². The Labute approximate surface area is 226 Å². The summed E-state index contributed by atoms with van der Waals surface area (Å²) in [7, 11) is 0. The third-order valence-electron chi connectivity index (χ3n) is 7.16. The van der Waals surface area contributed by atoms with E-state index in [-0.39, 0.29) is 33.0 Å². The molecule has 5 rings (SSSR count). The van der Waals surface area contributed by atoms with Crippen molar-refractivity contribution in [1.29, 1.82) is 0 Å². The van der Waals surface area contributed by atoms with Crippen molar-refractivity contribution < 1.29 is 23.9 Å². The van der Waals surface area contributed by atoms with E-state index in [9.17, 15) is 14.4 Å². The average molecular weight is 539 g/mol. The summed E-state index contributed by atoms with van der Waals surface area (Å²) in [5.41, 5.74) is 1.71. The van der Waals surface area contributed by atoms with Crippen molar-refractivity contribution in [1.82, 2.24) is 0 Å². The van der Waals surface area contributed by atoms with E-state index >= 15 is 0 Å². The lowest BCUT2D eigenvalue weighted by atomic mass is 9.65. The van der Waals surface area contributed by atoms with E-state index in [1.54, 1.807) is 30.3 Å². The van der Waals surface area contributed by atoms with E-state index in [4.69, 9.17) is 32.7 Å². The lowest BCUT2D eigenvalue weighted by molar-refractivity contribution is -0.120. The Kier molecular flexibility index (Phi) is 6.36. The number of carbonyl (C=O) groups excluding carboxylic acids is 3. The fourth-order valence-electron chi connectivity index (χ4n) is 5.55. The van der Waals surface area contributed by atoms with Crippen LogP contribution >= 0.6 is 23.2 Å². The van der Waals surface area contributed by atoms with Gasteiger partial charge in [0.1, 0.15) is 17.3 Å². The highest BCUT2D eigenvalue weighted by Crippen LogP contribution is 2.53. The predicted octanol–water partition coefficient (Wildman–Crippen LogP) is 7.61. The molecule has 0 N–H and O–H groups in total. The Morgan fingerprint density at radius 3 is 1.89 bits per heavy atom. The van der Waals surface area contributed by atoms with Gasteiger partial charge in [0.2, 0.25) is 0 Å². The highest BCUT2D eigenvalue weighted by Gasteiger charge is 2.47. The molecule has 2 aromatic carbocycles. The zero-order valence-corrected chi connectivity index (χ0v) is 22.8. The quantitative estimate of drug-likeness (QED) is 0.297. The molecule has 0 aromatic heterocycles. The van der Waals surface area contributed by atoms with Crippen LogP contribution in [0.2, 0.25) is 10.0 Å². The highest BCUT2D eigenvalue weighted by molar-refractivity contribution is 6.36. The standard InChI is InChI=1S/C30H28Cl2O5/c1-29(2)12-21(33)26-23(14-29)37-24-15-30(3,4)13-22(34)27(24)25(26)16-5-8-18(9-6-16)36-28(35)19-10-7-17(31)11-20(19)32/h5-11,25H,12-15H2,1-4H3. The average Bonchev–Trinajstić information content (AvgIpc) is 2.76. The van der Waals surface area contributed by atoms with Crippen LogP contribution in [-0.2, 0) is 14.3 Å². The lowest BCUT2D eigenvalue weighted by Crippen LogP contribution is -2.37. The van der Waals surface area contributed by atoms with Crippen molar-refractivity contribution in [2.24, 2.45) is 10.8 Å². The number of ether oxygens (including phenoxy) is 2. The lowest BCUT2D eigenvalue weighted by Gasteiger charge is -2.42. The van der Waals surface area contributed by atoms with Gasteiger partial charge in [-0.2, -0.15) is 0 Å². The van der Waals surface area contributed by atoms with Crippen LogP contribution in [-0.4, -0.2) is 17.5 Å². The molecule has 0 amide bonds. The molecule has 192 valence electrons. The molecule has 0 saturated heterocycles. The Bertz CT molecular complexity index is 1340. The number of hydrogen-bond acceptors (Lipinski definition) is 5. The van der Waals surface area contributed by atoms with E-state index in [0.717, 1.165) is 5.56 Å². The van der Waals surface area contributed by atoms with Crippen molar-refractivity contribution in [3.8, 4) is 5.75 Å². The van der Waals surface area contributed by atoms with E-state index < -0.39 is 11.9 Å². The molecule has 0 radical (unpaired) electrons. The zero-order valence-electron chi connectivity index (χ0n) is 21.2. The molecule has 0 unspecified atom stereocenters. The number of halogens is 2. The molecule has 5 nitrogen and oxygen atoms in total. The molecular weight excluding hydrogens is 511 g/mol. The SMILES string of the molecule is CC1(C)CC(=O)C2=C(C1)OC1=C(C(=O)CC(C)(C)C1)C2c1ccc(OC(=O)c2ccc(Cl)cc2Cl)cc1. The Morgan fingerprint density at radius 1 is 0.838 bits per heavy atom. The molecular formula is C30H28Cl2O5. The molecule has 0 bridgehead atoms. The van der Waals surface area contributed by atoms with Crippen LogP contribution in [0.15, 0.2) is 65.1 Å². The molecule has 0 saturated carbocycles. The van der Waals surface area contributed by atoms with Crippen molar-refractivity contribution in [3.05, 3.63) is 86.3 Å². The van der Waals surface area contributed by atoms with Gasteiger partial charge >= 0.3 is 5.97 Å². The topological polar surface area (TPSA) is 69.7 Å². The summed E-state index contributed by atoms with van der Waals surface area (Å²) in [4.78, 5) is 39.4. The molecule has 0 spiro atoms. The van der Waals surface area contributed by atoms with Gasteiger partial charge in [-0.3, -0.25) is 9.59 Å². The van der Waals surface area contributed by atoms with Crippen LogP contribution in [0.25, 0.3) is 0 Å². The summed E-state index contributed by atoms with van der Waals surface area (Å²) in [6, 6.07) is 11.5. The maximum absolute atomic E-state index is 13.4. The normalized spacial score (nSPS) is 20.8. The largest absolute Gasteiger partial charge is 0.465 e. The second-order valence-corrected chi connectivity index (χ2v) is 12.5. The van der Waals surface area contributed by atoms with Gasteiger partial charge < -0.3 is 9.47 Å². The van der Waals surface area contributed by atoms with Gasteiger partial charge in [-0.25, -0.2) is 4.79 Å². The summed E-state index contributed by atoms with van der Waals surface area (Å²) in [6.45, 7) is 8.23. The number of benzene rings is 2. The number of allylic oxidation sites excluding steroid dienone is 4. The van der Waals surface area contributed by atoms with E-state index in [1.165, 1.54) is 12.1 Å². The minimum atomic E-state index is -0.607. The van der Waals surface area contributed by atoms with Crippen LogP contribution in [0.4, 0.5) is 0 Å². The first kappa shape index (κ1) is 25.7. The summed E-state index contributed by atoms with van der Waals surface area (Å²) in [5.74, 6) is 0.571. The summed E-state index contributed by atoms with van der Waals surface area (Å²) < 4.78 is 11.9. The number of rotatable bonds is 3. The van der Waals surface area contributed by atoms with E-state index in [1.807, 2.05) is 0 Å². The van der Waals surface area contributed by atoms with Gasteiger partial charge in [0.15, 0.2) is 11.6 Å². The van der Waals surface area contributed by atoms with Crippen molar-refractivity contribution >= 4 is 40.7 Å². The van der Waals surface area contributed by atoms with Gasteiger partial charge in [0.25, 0.3) is 0 Å². The second-order valence-electron chi connectivity index (χ2n) is 11.7. The Balaban J connectivity index is 1.51. The number of carbonyl (C=O) groups is 3. The first-order valence-electron chi connectivity index (χ1n) is 12.3. The Morgan fingerprint density at radius 2 is 1.38 bits per heavy atom. The van der Waals surface area contributed by atoms with Gasteiger partial charge in [-0.15, -0.1) is 0 Å². The maximum atomic E-state index is 13.4. The fourth-order valence-corrected chi connectivity index (χ4v) is 6.04. The zero-order chi connectivity index (χ0) is 26.7. The molecule has 2 aliphatic carbocycles.